The van der Waals surface area contributed by atoms with Crippen LogP contribution in [0.1, 0.15) is 35.7 Å². The van der Waals surface area contributed by atoms with Gasteiger partial charge in [-0.25, -0.2) is 4.98 Å². The van der Waals surface area contributed by atoms with Gasteiger partial charge in [0.25, 0.3) is 0 Å². The van der Waals surface area contributed by atoms with Crippen molar-refractivity contribution in [1.82, 2.24) is 10.3 Å². The predicted molar refractivity (Wildman–Crippen MR) is 118 cm³/mol. The lowest BCUT2D eigenvalue weighted by atomic mass is 9.91. The van der Waals surface area contributed by atoms with E-state index in [4.69, 9.17) is 4.55 Å². The van der Waals surface area contributed by atoms with Crippen molar-refractivity contribution in [3.8, 4) is 0 Å². The van der Waals surface area contributed by atoms with Crippen molar-refractivity contribution in [2.24, 2.45) is 0 Å². The molecule has 1 heterocycles. The predicted octanol–water partition coefficient (Wildman–Crippen LogP) is 3.54. The molecule has 7 nitrogen and oxygen atoms in total. The molecule has 0 saturated carbocycles. The Hall–Kier alpha value is -2.75. The molecule has 0 fully saturated rings. The summed E-state index contributed by atoms with van der Waals surface area (Å²) >= 11 is 1.46. The summed E-state index contributed by atoms with van der Waals surface area (Å²) in [5.41, 5.74) is 1.89. The van der Waals surface area contributed by atoms with Crippen LogP contribution >= 0.6 is 11.3 Å². The van der Waals surface area contributed by atoms with Crippen LogP contribution in [0.2, 0.25) is 0 Å². The van der Waals surface area contributed by atoms with Crippen LogP contribution < -0.4 is 10.0 Å². The van der Waals surface area contributed by atoms with Crippen molar-refractivity contribution in [2.75, 3.05) is 4.72 Å². The summed E-state index contributed by atoms with van der Waals surface area (Å²) in [5.74, 6) is -0.155. The molecule has 1 unspecified atom stereocenters. The molecule has 9 heteroatoms. The fourth-order valence-electron chi connectivity index (χ4n) is 3.07. The zero-order valence-electron chi connectivity index (χ0n) is 16.6. The highest BCUT2D eigenvalue weighted by atomic mass is 32.2. The first-order valence-electron chi connectivity index (χ1n) is 9.35. The highest BCUT2D eigenvalue weighted by Gasteiger charge is 2.34. The highest BCUT2D eigenvalue weighted by molar-refractivity contribution is 7.87. The van der Waals surface area contributed by atoms with Crippen LogP contribution in [0.3, 0.4) is 0 Å². The van der Waals surface area contributed by atoms with Crippen LogP contribution in [0.15, 0.2) is 60.0 Å². The molecule has 158 valence electrons. The van der Waals surface area contributed by atoms with Crippen LogP contribution in [0.4, 0.5) is 5.69 Å². The number of carbonyl (C=O) groups excluding carboxylic acids is 1. The lowest BCUT2D eigenvalue weighted by Gasteiger charge is -2.30. The molecule has 3 aromatic rings. The number of amides is 1. The number of nitrogens with zero attached hydrogens (tertiary/aromatic N) is 1. The maximum Gasteiger partial charge on any atom is 0.357 e. The van der Waals surface area contributed by atoms with E-state index in [1.807, 2.05) is 54.3 Å². The van der Waals surface area contributed by atoms with Crippen LogP contribution in [0, 0.1) is 0 Å². The second-order valence-electron chi connectivity index (χ2n) is 6.99. The minimum absolute atomic E-state index is 0.155. The summed E-state index contributed by atoms with van der Waals surface area (Å²) in [6.45, 7) is 3.89. The molecule has 30 heavy (non-hydrogen) atoms. The minimum atomic E-state index is -4.36. The standard InChI is InChI=1S/C21H23N3O4S2/c1-3-17-14-29-20(22-17)21(2,23-19(25)13-15-7-5-4-6-8-15)16-9-11-18(12-10-16)24-30(26,27)28/h4-12,14,24H,3,13H2,1-2H3,(H,23,25)(H,26,27,28). The zero-order valence-corrected chi connectivity index (χ0v) is 18.3. The van der Waals surface area contributed by atoms with Crippen molar-refractivity contribution in [2.45, 2.75) is 32.2 Å². The number of benzene rings is 2. The van der Waals surface area contributed by atoms with Crippen molar-refractivity contribution >= 4 is 33.2 Å². The smallest absolute Gasteiger partial charge is 0.340 e. The monoisotopic (exact) mass is 445 g/mol. The first-order chi connectivity index (χ1) is 14.2. The molecule has 3 rings (SSSR count). The van der Waals surface area contributed by atoms with E-state index < -0.39 is 15.8 Å². The third-order valence-corrected chi connectivity index (χ3v) is 6.25. The Bertz CT molecular complexity index is 1110. The Morgan fingerprint density at radius 1 is 1.13 bits per heavy atom. The van der Waals surface area contributed by atoms with Gasteiger partial charge >= 0.3 is 10.3 Å². The molecule has 1 atom stereocenters. The highest BCUT2D eigenvalue weighted by Crippen LogP contribution is 2.33. The van der Waals surface area contributed by atoms with Crippen LogP contribution in [-0.2, 0) is 33.5 Å². The van der Waals surface area contributed by atoms with E-state index in [-0.39, 0.29) is 18.0 Å². The SMILES string of the molecule is CCc1csc(C(C)(NC(=O)Cc2ccccc2)c2ccc(NS(=O)(=O)O)cc2)n1. The Labute approximate surface area is 180 Å². The van der Waals surface area contributed by atoms with Gasteiger partial charge in [-0.1, -0.05) is 49.4 Å². The summed E-state index contributed by atoms with van der Waals surface area (Å²) in [4.78, 5) is 17.5. The third kappa shape index (κ3) is 5.44. The summed E-state index contributed by atoms with van der Waals surface area (Å²) in [7, 11) is -4.36. The van der Waals surface area contributed by atoms with Gasteiger partial charge in [-0.2, -0.15) is 8.42 Å². The molecule has 0 spiro atoms. The average Bonchev–Trinajstić information content (AvgIpc) is 3.18. The van der Waals surface area contributed by atoms with E-state index in [2.05, 4.69) is 10.3 Å². The number of hydrogen-bond donors (Lipinski definition) is 3. The molecule has 3 N–H and O–H groups in total. The zero-order chi connectivity index (χ0) is 21.8. The second kappa shape index (κ2) is 8.95. The van der Waals surface area contributed by atoms with Gasteiger partial charge in [0, 0.05) is 5.38 Å². The molecule has 0 radical (unpaired) electrons. The average molecular weight is 446 g/mol. The summed E-state index contributed by atoms with van der Waals surface area (Å²) in [6.07, 6.45) is 1.01. The van der Waals surface area contributed by atoms with Gasteiger partial charge in [0.05, 0.1) is 17.8 Å². The molecule has 1 amide bonds. The fraction of sp³-hybridized carbons (Fsp3) is 0.238. The van der Waals surface area contributed by atoms with Crippen LogP contribution in [-0.4, -0.2) is 23.9 Å². The lowest BCUT2D eigenvalue weighted by Crippen LogP contribution is -2.45. The second-order valence-corrected chi connectivity index (χ2v) is 9.00. The number of thiazole rings is 1. The molecular weight excluding hydrogens is 422 g/mol. The first kappa shape index (κ1) is 21.9. The minimum Gasteiger partial charge on any atom is -0.340 e. The normalized spacial score (nSPS) is 13.4. The topological polar surface area (TPSA) is 108 Å². The van der Waals surface area contributed by atoms with Gasteiger partial charge in [-0.05, 0) is 36.6 Å². The molecule has 0 bridgehead atoms. The first-order valence-corrected chi connectivity index (χ1v) is 11.7. The van der Waals surface area contributed by atoms with E-state index in [1.165, 1.54) is 23.5 Å². The number of anilines is 1. The Morgan fingerprint density at radius 2 is 1.80 bits per heavy atom. The van der Waals surface area contributed by atoms with Crippen molar-refractivity contribution in [1.29, 1.82) is 0 Å². The molecule has 0 aliphatic rings. The van der Waals surface area contributed by atoms with Crippen molar-refractivity contribution < 1.29 is 17.8 Å². The van der Waals surface area contributed by atoms with Crippen LogP contribution in [0.5, 0.6) is 0 Å². The summed E-state index contributed by atoms with van der Waals surface area (Å²) in [6, 6.07) is 15.9. The van der Waals surface area contributed by atoms with E-state index in [9.17, 15) is 13.2 Å². The van der Waals surface area contributed by atoms with E-state index in [1.54, 1.807) is 12.1 Å². The van der Waals surface area contributed by atoms with Crippen molar-refractivity contribution in [3.05, 3.63) is 81.8 Å². The number of aromatic nitrogens is 1. The van der Waals surface area contributed by atoms with Gasteiger partial charge in [0.2, 0.25) is 5.91 Å². The van der Waals surface area contributed by atoms with Gasteiger partial charge in [-0.15, -0.1) is 11.3 Å². The number of nitrogens with one attached hydrogen (secondary N) is 2. The fourth-order valence-corrected chi connectivity index (χ4v) is 4.55. The number of rotatable bonds is 8. The molecule has 0 aliphatic heterocycles. The maximum absolute atomic E-state index is 12.8. The van der Waals surface area contributed by atoms with E-state index >= 15 is 0 Å². The van der Waals surface area contributed by atoms with Crippen molar-refractivity contribution in [3.63, 3.8) is 0 Å². The molecule has 0 saturated heterocycles. The summed E-state index contributed by atoms with van der Waals surface area (Å²) < 4.78 is 33.1. The largest absolute Gasteiger partial charge is 0.357 e. The quantitative estimate of drug-likeness (QED) is 0.460. The van der Waals surface area contributed by atoms with Gasteiger partial charge in [-0.3, -0.25) is 14.1 Å². The van der Waals surface area contributed by atoms with Gasteiger partial charge < -0.3 is 5.32 Å². The molecular formula is C21H23N3O4S2. The van der Waals surface area contributed by atoms with E-state index in [0.717, 1.165) is 28.2 Å². The molecule has 1 aromatic heterocycles. The Morgan fingerprint density at radius 3 is 2.37 bits per heavy atom. The Balaban J connectivity index is 1.92. The number of aryl methyl sites for hydroxylation is 1. The van der Waals surface area contributed by atoms with E-state index in [0.29, 0.717) is 0 Å². The van der Waals surface area contributed by atoms with Crippen LogP contribution in [0.25, 0.3) is 0 Å². The Kier molecular flexibility index (Phi) is 6.55. The lowest BCUT2D eigenvalue weighted by molar-refractivity contribution is -0.121. The molecule has 2 aromatic carbocycles. The number of carbonyl (C=O) groups is 1. The molecule has 0 aliphatic carbocycles. The van der Waals surface area contributed by atoms with Gasteiger partial charge in [0.15, 0.2) is 0 Å². The number of hydrogen-bond acceptors (Lipinski definition) is 5. The summed E-state index contributed by atoms with van der Waals surface area (Å²) in [5, 5.41) is 5.80. The van der Waals surface area contributed by atoms with Gasteiger partial charge in [0.1, 0.15) is 10.5 Å². The third-order valence-electron chi connectivity index (χ3n) is 4.65. The maximum atomic E-state index is 12.8.